The van der Waals surface area contributed by atoms with E-state index in [1.54, 1.807) is 0 Å². The Morgan fingerprint density at radius 3 is 1.59 bits per heavy atom. The summed E-state index contributed by atoms with van der Waals surface area (Å²) in [7, 11) is 0. The summed E-state index contributed by atoms with van der Waals surface area (Å²) in [4.78, 5) is 9.92. The maximum Gasteiger partial charge on any atom is 0.145 e. The number of pyridine rings is 2. The first-order valence-electron chi connectivity index (χ1n) is 19.0. The molecule has 0 aliphatic rings. The summed E-state index contributed by atoms with van der Waals surface area (Å²) in [6.45, 7) is 0. The van der Waals surface area contributed by atoms with Gasteiger partial charge in [0.25, 0.3) is 0 Å². The molecule has 0 unspecified atom stereocenters. The number of aromatic nitrogens is 4. The second kappa shape index (κ2) is 13.1. The molecule has 4 aromatic heterocycles. The van der Waals surface area contributed by atoms with Gasteiger partial charge in [-0.05, 0) is 95.1 Å². The third-order valence-electron chi connectivity index (χ3n) is 11.0. The molecular weight excluding hydrogens is 681 g/mol. The van der Waals surface area contributed by atoms with Crippen molar-refractivity contribution < 1.29 is 0 Å². The average molecular weight is 715 g/mol. The van der Waals surface area contributed by atoms with Gasteiger partial charge in [-0.15, -0.1) is 0 Å². The van der Waals surface area contributed by atoms with E-state index in [0.717, 1.165) is 61.6 Å². The zero-order valence-corrected chi connectivity index (χ0v) is 30.4. The van der Waals surface area contributed by atoms with Crippen molar-refractivity contribution in [3.8, 4) is 56.1 Å². The first-order valence-corrected chi connectivity index (χ1v) is 19.0. The van der Waals surface area contributed by atoms with Crippen LogP contribution in [0.25, 0.3) is 99.9 Å². The van der Waals surface area contributed by atoms with Crippen LogP contribution in [0.1, 0.15) is 0 Å². The predicted molar refractivity (Wildman–Crippen MR) is 232 cm³/mol. The van der Waals surface area contributed by atoms with Gasteiger partial charge in [-0.25, -0.2) is 9.97 Å². The van der Waals surface area contributed by atoms with Crippen LogP contribution in [0.15, 0.2) is 206 Å². The fourth-order valence-electron chi connectivity index (χ4n) is 8.31. The molecule has 0 aliphatic heterocycles. The van der Waals surface area contributed by atoms with Crippen molar-refractivity contribution >= 4 is 43.7 Å². The quantitative estimate of drug-likeness (QED) is 0.172. The number of hydrogen-bond donors (Lipinski definition) is 0. The Kier molecular flexibility index (Phi) is 7.46. The SMILES string of the molecule is c1ccc(-c2cc(-c3ccc(-n4c5ccccc5c5ccc(-c6ccc7c(c6)c6cccnc6n7-c6ccccc6)cc54)cc3)cc(-c3ccccc3)n2)cc1. The van der Waals surface area contributed by atoms with Crippen molar-refractivity contribution in [2.75, 3.05) is 0 Å². The van der Waals surface area contributed by atoms with Gasteiger partial charge in [0.2, 0.25) is 0 Å². The number of fused-ring (bicyclic) bond motifs is 6. The van der Waals surface area contributed by atoms with Crippen molar-refractivity contribution in [3.05, 3.63) is 206 Å². The maximum atomic E-state index is 5.10. The zero-order valence-electron chi connectivity index (χ0n) is 30.4. The van der Waals surface area contributed by atoms with Gasteiger partial charge in [-0.1, -0.05) is 127 Å². The highest BCUT2D eigenvalue weighted by atomic mass is 15.0. The molecule has 0 amide bonds. The minimum absolute atomic E-state index is 0.958. The molecule has 0 saturated heterocycles. The molecule has 0 N–H and O–H groups in total. The Balaban J connectivity index is 1.03. The van der Waals surface area contributed by atoms with Crippen LogP contribution in [0.3, 0.4) is 0 Å². The Bertz CT molecular complexity index is 3160. The van der Waals surface area contributed by atoms with E-state index < -0.39 is 0 Å². The highest BCUT2D eigenvalue weighted by Crippen LogP contribution is 2.38. The molecule has 11 rings (SSSR count). The number of hydrogen-bond acceptors (Lipinski definition) is 2. The summed E-state index contributed by atoms with van der Waals surface area (Å²) >= 11 is 0. The predicted octanol–water partition coefficient (Wildman–Crippen LogP) is 13.3. The molecule has 4 heteroatoms. The second-order valence-electron chi connectivity index (χ2n) is 14.3. The molecule has 0 bridgehead atoms. The van der Waals surface area contributed by atoms with Gasteiger partial charge in [-0.2, -0.15) is 0 Å². The Morgan fingerprint density at radius 1 is 0.304 bits per heavy atom. The van der Waals surface area contributed by atoms with Gasteiger partial charge in [0.05, 0.1) is 27.9 Å². The Hall–Kier alpha value is -7.56. The molecule has 0 saturated carbocycles. The lowest BCUT2D eigenvalue weighted by atomic mass is 9.99. The minimum atomic E-state index is 0.958. The van der Waals surface area contributed by atoms with Crippen LogP contribution in [0.4, 0.5) is 0 Å². The third-order valence-corrected chi connectivity index (χ3v) is 11.0. The normalized spacial score (nSPS) is 11.6. The van der Waals surface area contributed by atoms with Crippen molar-refractivity contribution in [3.63, 3.8) is 0 Å². The van der Waals surface area contributed by atoms with E-state index in [0.29, 0.717) is 0 Å². The first kappa shape index (κ1) is 31.9. The summed E-state index contributed by atoms with van der Waals surface area (Å²) in [6, 6.07) is 71.3. The molecule has 4 nitrogen and oxygen atoms in total. The molecule has 0 aliphatic carbocycles. The summed E-state index contributed by atoms with van der Waals surface area (Å²) in [5, 5.41) is 4.80. The van der Waals surface area contributed by atoms with Gasteiger partial charge in [-0.3, -0.25) is 4.57 Å². The smallest absolute Gasteiger partial charge is 0.145 e. The third kappa shape index (κ3) is 5.31. The van der Waals surface area contributed by atoms with Crippen LogP contribution in [0, 0.1) is 0 Å². The monoisotopic (exact) mass is 714 g/mol. The maximum absolute atomic E-state index is 5.10. The van der Waals surface area contributed by atoms with Crippen LogP contribution in [0.5, 0.6) is 0 Å². The van der Waals surface area contributed by atoms with Crippen LogP contribution < -0.4 is 0 Å². The summed E-state index contributed by atoms with van der Waals surface area (Å²) in [5.74, 6) is 0. The average Bonchev–Trinajstić information content (AvgIpc) is 3.79. The highest BCUT2D eigenvalue weighted by Gasteiger charge is 2.17. The van der Waals surface area contributed by atoms with Gasteiger partial charge < -0.3 is 4.57 Å². The van der Waals surface area contributed by atoms with E-state index in [1.807, 2.05) is 24.4 Å². The fraction of sp³-hybridized carbons (Fsp3) is 0. The molecule has 262 valence electrons. The van der Waals surface area contributed by atoms with Crippen LogP contribution >= 0.6 is 0 Å². The zero-order chi connectivity index (χ0) is 37.0. The van der Waals surface area contributed by atoms with Crippen molar-refractivity contribution in [2.24, 2.45) is 0 Å². The van der Waals surface area contributed by atoms with E-state index >= 15 is 0 Å². The van der Waals surface area contributed by atoms with Crippen molar-refractivity contribution in [1.29, 1.82) is 0 Å². The molecular formula is C52H34N4. The van der Waals surface area contributed by atoms with Gasteiger partial charge in [0.15, 0.2) is 0 Å². The molecule has 0 atom stereocenters. The van der Waals surface area contributed by atoms with Crippen LogP contribution in [-0.2, 0) is 0 Å². The molecule has 4 heterocycles. The van der Waals surface area contributed by atoms with Crippen LogP contribution in [-0.4, -0.2) is 19.1 Å². The number of para-hydroxylation sites is 2. The number of rotatable bonds is 6. The topological polar surface area (TPSA) is 35.6 Å². The summed E-state index contributed by atoms with van der Waals surface area (Å²) in [6.07, 6.45) is 1.88. The minimum Gasteiger partial charge on any atom is -0.309 e. The van der Waals surface area contributed by atoms with E-state index in [1.165, 1.54) is 38.3 Å². The lowest BCUT2D eigenvalue weighted by Gasteiger charge is -2.12. The lowest BCUT2D eigenvalue weighted by molar-refractivity contribution is 1.14. The second-order valence-corrected chi connectivity index (χ2v) is 14.3. The standard InChI is InChI=1S/C52H34N4/c1-4-13-36(14-5-1)47-32-40(33-48(54-47)37-15-6-2-7-16-37)35-22-26-42(27-23-35)55-49-21-11-10-19-43(49)44-28-24-39(34-51(44)55)38-25-29-50-46(31-38)45-20-12-30-53-52(45)56(50)41-17-8-3-9-18-41/h1-34H. The molecule has 0 radical (unpaired) electrons. The first-order chi connectivity index (χ1) is 27.8. The molecule has 56 heavy (non-hydrogen) atoms. The largest absolute Gasteiger partial charge is 0.309 e. The highest BCUT2D eigenvalue weighted by molar-refractivity contribution is 6.12. The number of nitrogens with zero attached hydrogens (tertiary/aromatic N) is 4. The molecule has 0 spiro atoms. The lowest BCUT2D eigenvalue weighted by Crippen LogP contribution is -1.95. The summed E-state index contributed by atoms with van der Waals surface area (Å²) in [5.41, 5.74) is 15.4. The molecule has 7 aromatic carbocycles. The van der Waals surface area contributed by atoms with E-state index in [-0.39, 0.29) is 0 Å². The molecule has 11 aromatic rings. The van der Waals surface area contributed by atoms with Crippen LogP contribution in [0.2, 0.25) is 0 Å². The Labute approximate surface area is 324 Å². The van der Waals surface area contributed by atoms with Crippen molar-refractivity contribution in [2.45, 2.75) is 0 Å². The summed E-state index contributed by atoms with van der Waals surface area (Å²) < 4.78 is 4.66. The Morgan fingerprint density at radius 2 is 0.857 bits per heavy atom. The van der Waals surface area contributed by atoms with Crippen molar-refractivity contribution in [1.82, 2.24) is 19.1 Å². The molecule has 0 fully saturated rings. The van der Waals surface area contributed by atoms with Gasteiger partial charge in [0.1, 0.15) is 5.65 Å². The van der Waals surface area contributed by atoms with Gasteiger partial charge in [0, 0.05) is 50.2 Å². The number of benzene rings is 7. The van der Waals surface area contributed by atoms with E-state index in [2.05, 4.69) is 191 Å². The van der Waals surface area contributed by atoms with E-state index in [4.69, 9.17) is 9.97 Å². The van der Waals surface area contributed by atoms with Gasteiger partial charge >= 0.3 is 0 Å². The fourth-order valence-corrected chi connectivity index (χ4v) is 8.31. The van der Waals surface area contributed by atoms with E-state index in [9.17, 15) is 0 Å².